The van der Waals surface area contributed by atoms with E-state index in [1.54, 1.807) is 11.4 Å². The summed E-state index contributed by atoms with van der Waals surface area (Å²) in [6, 6.07) is 1.71. The zero-order chi connectivity index (χ0) is 14.6. The maximum Gasteiger partial charge on any atom is 0.350 e. The van der Waals surface area contributed by atoms with Gasteiger partial charge in [-0.3, -0.25) is 4.79 Å². The lowest BCUT2D eigenvalue weighted by atomic mass is 9.80. The van der Waals surface area contributed by atoms with Crippen molar-refractivity contribution in [2.24, 2.45) is 5.73 Å². The highest BCUT2D eigenvalue weighted by molar-refractivity contribution is 7.12. The SMILES string of the molecule is COC(=O)c1sccc1NC(=O)CC1(N)CCCCC1. The van der Waals surface area contributed by atoms with E-state index in [-0.39, 0.29) is 5.91 Å². The molecule has 5 nitrogen and oxygen atoms in total. The van der Waals surface area contributed by atoms with E-state index in [9.17, 15) is 9.59 Å². The molecule has 1 saturated carbocycles. The largest absolute Gasteiger partial charge is 0.465 e. The van der Waals surface area contributed by atoms with E-state index in [1.165, 1.54) is 24.9 Å². The van der Waals surface area contributed by atoms with Crippen molar-refractivity contribution in [3.05, 3.63) is 16.3 Å². The van der Waals surface area contributed by atoms with Gasteiger partial charge in [-0.15, -0.1) is 11.3 Å². The number of anilines is 1. The second-order valence-electron chi connectivity index (χ2n) is 5.30. The van der Waals surface area contributed by atoms with Gasteiger partial charge in [0.25, 0.3) is 0 Å². The average molecular weight is 296 g/mol. The molecule has 2 rings (SSSR count). The van der Waals surface area contributed by atoms with Crippen molar-refractivity contribution < 1.29 is 14.3 Å². The summed E-state index contributed by atoms with van der Waals surface area (Å²) >= 11 is 1.25. The summed E-state index contributed by atoms with van der Waals surface area (Å²) in [7, 11) is 1.32. The molecule has 0 saturated heterocycles. The Kier molecular flexibility index (Phi) is 4.77. The van der Waals surface area contributed by atoms with Crippen molar-refractivity contribution in [1.82, 2.24) is 0 Å². The van der Waals surface area contributed by atoms with Gasteiger partial charge < -0.3 is 15.8 Å². The first-order chi connectivity index (χ1) is 9.54. The number of hydrogen-bond acceptors (Lipinski definition) is 5. The summed E-state index contributed by atoms with van der Waals surface area (Å²) in [5.74, 6) is -0.576. The molecule has 0 unspecified atom stereocenters. The molecule has 6 heteroatoms. The molecule has 0 aromatic carbocycles. The molecule has 110 valence electrons. The van der Waals surface area contributed by atoms with Crippen molar-refractivity contribution in [3.63, 3.8) is 0 Å². The van der Waals surface area contributed by atoms with E-state index in [0.717, 1.165) is 25.7 Å². The summed E-state index contributed by atoms with van der Waals surface area (Å²) < 4.78 is 4.68. The Balaban J connectivity index is 1.98. The van der Waals surface area contributed by atoms with E-state index in [4.69, 9.17) is 5.73 Å². The Morgan fingerprint density at radius 1 is 1.40 bits per heavy atom. The summed E-state index contributed by atoms with van der Waals surface area (Å²) in [4.78, 5) is 24.1. The number of nitrogens with two attached hydrogens (primary N) is 1. The minimum Gasteiger partial charge on any atom is -0.465 e. The topological polar surface area (TPSA) is 81.4 Å². The monoisotopic (exact) mass is 296 g/mol. The number of ether oxygens (including phenoxy) is 1. The molecule has 0 radical (unpaired) electrons. The maximum atomic E-state index is 12.1. The number of methoxy groups -OCH3 is 1. The lowest BCUT2D eigenvalue weighted by Gasteiger charge is -2.32. The number of carbonyl (C=O) groups is 2. The summed E-state index contributed by atoms with van der Waals surface area (Å²) in [6.45, 7) is 0. The third-order valence-corrected chi connectivity index (χ3v) is 4.57. The summed E-state index contributed by atoms with van der Waals surface area (Å²) in [5, 5.41) is 4.52. The number of nitrogens with one attached hydrogen (secondary N) is 1. The first kappa shape index (κ1) is 15.0. The fourth-order valence-electron chi connectivity index (χ4n) is 2.61. The van der Waals surface area contributed by atoms with Crippen LogP contribution in [0.15, 0.2) is 11.4 Å². The van der Waals surface area contributed by atoms with Crippen molar-refractivity contribution in [3.8, 4) is 0 Å². The number of hydrogen-bond donors (Lipinski definition) is 2. The fourth-order valence-corrected chi connectivity index (χ4v) is 3.37. The number of rotatable bonds is 4. The molecule has 1 aliphatic rings. The molecule has 3 N–H and O–H groups in total. The average Bonchev–Trinajstić information content (AvgIpc) is 2.86. The Labute approximate surface area is 122 Å². The minimum atomic E-state index is -0.435. The molecule has 1 amide bonds. The van der Waals surface area contributed by atoms with Crippen molar-refractivity contribution >= 4 is 28.9 Å². The van der Waals surface area contributed by atoms with Crippen LogP contribution in [0.2, 0.25) is 0 Å². The number of esters is 1. The van der Waals surface area contributed by atoms with Gasteiger partial charge in [-0.05, 0) is 24.3 Å². The Morgan fingerprint density at radius 3 is 2.75 bits per heavy atom. The lowest BCUT2D eigenvalue weighted by Crippen LogP contribution is -2.44. The van der Waals surface area contributed by atoms with Crippen LogP contribution in [0, 0.1) is 0 Å². The van der Waals surface area contributed by atoms with Crippen LogP contribution >= 0.6 is 11.3 Å². The molecule has 0 bridgehead atoms. The van der Waals surface area contributed by atoms with Crippen LogP contribution in [0.5, 0.6) is 0 Å². The molecule has 1 aromatic heterocycles. The van der Waals surface area contributed by atoms with Crippen molar-refractivity contribution in [2.45, 2.75) is 44.1 Å². The van der Waals surface area contributed by atoms with Gasteiger partial charge >= 0.3 is 5.97 Å². The summed E-state index contributed by atoms with van der Waals surface area (Å²) in [5.41, 5.74) is 6.37. The highest BCUT2D eigenvalue weighted by atomic mass is 32.1. The van der Waals surface area contributed by atoms with E-state index >= 15 is 0 Å². The molecule has 0 aliphatic heterocycles. The normalized spacial score (nSPS) is 17.5. The molecule has 1 aromatic rings. The van der Waals surface area contributed by atoms with Gasteiger partial charge in [0.1, 0.15) is 4.88 Å². The number of thiophene rings is 1. The second-order valence-corrected chi connectivity index (χ2v) is 6.22. The first-order valence-electron chi connectivity index (χ1n) is 6.79. The van der Waals surface area contributed by atoms with Crippen LogP contribution in [0.4, 0.5) is 5.69 Å². The zero-order valence-electron chi connectivity index (χ0n) is 11.6. The zero-order valence-corrected chi connectivity index (χ0v) is 12.4. The van der Waals surface area contributed by atoms with E-state index in [2.05, 4.69) is 10.1 Å². The van der Waals surface area contributed by atoms with Gasteiger partial charge in [0.05, 0.1) is 12.8 Å². The Morgan fingerprint density at radius 2 is 2.10 bits per heavy atom. The minimum absolute atomic E-state index is 0.141. The third-order valence-electron chi connectivity index (χ3n) is 3.67. The molecule has 1 aliphatic carbocycles. The van der Waals surface area contributed by atoms with Crippen LogP contribution < -0.4 is 11.1 Å². The Hall–Kier alpha value is -1.40. The molecular weight excluding hydrogens is 276 g/mol. The molecule has 0 spiro atoms. The van der Waals surface area contributed by atoms with E-state index in [1.807, 2.05) is 0 Å². The highest BCUT2D eigenvalue weighted by Crippen LogP contribution is 2.30. The van der Waals surface area contributed by atoms with Crippen molar-refractivity contribution in [1.29, 1.82) is 0 Å². The van der Waals surface area contributed by atoms with Crippen LogP contribution in [0.1, 0.15) is 48.2 Å². The van der Waals surface area contributed by atoms with Gasteiger partial charge in [-0.1, -0.05) is 19.3 Å². The quantitative estimate of drug-likeness (QED) is 0.837. The van der Waals surface area contributed by atoms with Crippen molar-refractivity contribution in [2.75, 3.05) is 12.4 Å². The van der Waals surface area contributed by atoms with E-state index in [0.29, 0.717) is 17.0 Å². The molecule has 0 atom stereocenters. The molecule has 20 heavy (non-hydrogen) atoms. The van der Waals surface area contributed by atoms with Gasteiger partial charge in [0, 0.05) is 12.0 Å². The molecular formula is C14H20N2O3S. The van der Waals surface area contributed by atoms with Crippen LogP contribution in [-0.2, 0) is 9.53 Å². The number of carbonyl (C=O) groups excluding carboxylic acids is 2. The molecule has 1 fully saturated rings. The Bertz CT molecular complexity index is 492. The predicted octanol–water partition coefficient (Wildman–Crippen LogP) is 2.52. The van der Waals surface area contributed by atoms with Gasteiger partial charge in [0.2, 0.25) is 5.91 Å². The van der Waals surface area contributed by atoms with E-state index < -0.39 is 11.5 Å². The fraction of sp³-hybridized carbons (Fsp3) is 0.571. The number of amides is 1. The highest BCUT2D eigenvalue weighted by Gasteiger charge is 2.30. The molecule has 1 heterocycles. The van der Waals surface area contributed by atoms with Crippen LogP contribution in [0.25, 0.3) is 0 Å². The van der Waals surface area contributed by atoms with Gasteiger partial charge in [-0.25, -0.2) is 4.79 Å². The third kappa shape index (κ3) is 3.58. The maximum absolute atomic E-state index is 12.1. The first-order valence-corrected chi connectivity index (χ1v) is 7.66. The van der Waals surface area contributed by atoms with Crippen LogP contribution in [0.3, 0.4) is 0 Å². The standard InChI is InChI=1S/C14H20N2O3S/c1-19-13(18)12-10(5-8-20-12)16-11(17)9-14(15)6-3-2-4-7-14/h5,8H,2-4,6-7,9,15H2,1H3,(H,16,17). The van der Waals surface area contributed by atoms with Gasteiger partial charge in [-0.2, -0.15) is 0 Å². The smallest absolute Gasteiger partial charge is 0.350 e. The van der Waals surface area contributed by atoms with Gasteiger partial charge in [0.15, 0.2) is 0 Å². The summed E-state index contributed by atoms with van der Waals surface area (Å²) in [6.07, 6.45) is 5.41. The second kappa shape index (κ2) is 6.37. The lowest BCUT2D eigenvalue weighted by molar-refractivity contribution is -0.117. The predicted molar refractivity (Wildman–Crippen MR) is 78.9 cm³/mol. The van der Waals surface area contributed by atoms with Crippen LogP contribution in [-0.4, -0.2) is 24.5 Å².